The van der Waals surface area contributed by atoms with Gasteiger partial charge in [0.2, 0.25) is 0 Å². The highest BCUT2D eigenvalue weighted by Crippen LogP contribution is 2.20. The third-order valence-corrected chi connectivity index (χ3v) is 4.21. The smallest absolute Gasteiger partial charge is 0.267 e. The number of nitrogens with zero attached hydrogens (tertiary/aromatic N) is 4. The highest BCUT2D eigenvalue weighted by atomic mass is 19.1. The lowest BCUT2D eigenvalue weighted by Gasteiger charge is -2.09. The second-order valence-electron chi connectivity index (χ2n) is 6.41. The largest absolute Gasteiger partial charge is 0.396 e. The van der Waals surface area contributed by atoms with Gasteiger partial charge in [-0.2, -0.15) is 5.10 Å². The summed E-state index contributed by atoms with van der Waals surface area (Å²) in [4.78, 5) is 20.6. The lowest BCUT2D eigenvalue weighted by Crippen LogP contribution is -2.22. The first-order chi connectivity index (χ1) is 16.0. The lowest BCUT2D eigenvalue weighted by molar-refractivity contribution is 0.583. The summed E-state index contributed by atoms with van der Waals surface area (Å²) in [6.07, 6.45) is 3.03. The first kappa shape index (κ1) is 25.3. The van der Waals surface area contributed by atoms with Crippen molar-refractivity contribution in [2.45, 2.75) is 34.2 Å². The molecule has 2 aromatic carbocycles. The van der Waals surface area contributed by atoms with Crippen LogP contribution < -0.4 is 11.3 Å². The number of benzene rings is 2. The van der Waals surface area contributed by atoms with Gasteiger partial charge in [-0.1, -0.05) is 45.9 Å². The normalized spacial score (nSPS) is 9.88. The van der Waals surface area contributed by atoms with Crippen LogP contribution in [0.25, 0.3) is 22.6 Å². The van der Waals surface area contributed by atoms with Gasteiger partial charge < -0.3 is 5.73 Å². The summed E-state index contributed by atoms with van der Waals surface area (Å²) in [6, 6.07) is 13.2. The lowest BCUT2D eigenvalue weighted by atomic mass is 10.1. The maximum absolute atomic E-state index is 13.5. The summed E-state index contributed by atoms with van der Waals surface area (Å²) < 4.78 is 28.3. The van der Waals surface area contributed by atoms with E-state index in [1.807, 2.05) is 52.0 Å². The summed E-state index contributed by atoms with van der Waals surface area (Å²) in [6.45, 7) is 8.17. The SMILES string of the molecule is CC.CC.Nc1cnc(-c2cccc(Cn3nc(-c4cc(F)cc(F)c4)ccc3=O)c2)nc1. The summed E-state index contributed by atoms with van der Waals surface area (Å²) >= 11 is 0. The molecule has 4 rings (SSSR count). The Hall–Kier alpha value is -3.94. The summed E-state index contributed by atoms with van der Waals surface area (Å²) in [5, 5.41) is 4.26. The predicted molar refractivity (Wildman–Crippen MR) is 128 cm³/mol. The molecule has 0 radical (unpaired) electrons. The van der Waals surface area contributed by atoms with Crippen LogP contribution in [0, 0.1) is 11.6 Å². The summed E-state index contributed by atoms with van der Waals surface area (Å²) in [7, 11) is 0. The van der Waals surface area contributed by atoms with E-state index in [0.717, 1.165) is 17.2 Å². The number of nitrogen functional groups attached to an aromatic ring is 1. The number of rotatable bonds is 4. The zero-order chi connectivity index (χ0) is 24.4. The molecule has 2 N–H and O–H groups in total. The van der Waals surface area contributed by atoms with Crippen molar-refractivity contribution in [3.8, 4) is 22.6 Å². The van der Waals surface area contributed by atoms with Crippen molar-refractivity contribution in [2.75, 3.05) is 5.73 Å². The maximum atomic E-state index is 13.5. The molecule has 0 bridgehead atoms. The van der Waals surface area contributed by atoms with Crippen LogP contribution in [-0.2, 0) is 6.54 Å². The van der Waals surface area contributed by atoms with Crippen molar-refractivity contribution in [1.82, 2.24) is 19.7 Å². The first-order valence-electron chi connectivity index (χ1n) is 10.7. The van der Waals surface area contributed by atoms with Gasteiger partial charge in [-0.05, 0) is 29.8 Å². The molecule has 0 aliphatic rings. The fraction of sp³-hybridized carbons (Fsp3) is 0.200. The molecule has 2 heterocycles. The van der Waals surface area contributed by atoms with E-state index in [9.17, 15) is 13.6 Å². The van der Waals surface area contributed by atoms with Crippen LogP contribution in [0.15, 0.2) is 71.8 Å². The number of anilines is 1. The third kappa shape index (κ3) is 6.77. The Labute approximate surface area is 191 Å². The van der Waals surface area contributed by atoms with Crippen LogP contribution in [0.5, 0.6) is 0 Å². The fourth-order valence-electron chi connectivity index (χ4n) is 2.89. The average molecular weight is 452 g/mol. The third-order valence-electron chi connectivity index (χ3n) is 4.21. The van der Waals surface area contributed by atoms with Crippen molar-refractivity contribution >= 4 is 5.69 Å². The van der Waals surface area contributed by atoms with E-state index in [-0.39, 0.29) is 17.7 Å². The van der Waals surface area contributed by atoms with Crippen LogP contribution in [0.4, 0.5) is 14.5 Å². The number of hydrogen-bond acceptors (Lipinski definition) is 5. The quantitative estimate of drug-likeness (QED) is 0.453. The van der Waals surface area contributed by atoms with Gasteiger partial charge in [0.15, 0.2) is 5.82 Å². The van der Waals surface area contributed by atoms with E-state index in [4.69, 9.17) is 5.73 Å². The van der Waals surface area contributed by atoms with Gasteiger partial charge in [0.25, 0.3) is 5.56 Å². The monoisotopic (exact) mass is 451 g/mol. The first-order valence-corrected chi connectivity index (χ1v) is 10.7. The number of halogens is 2. The molecular formula is C25H27F2N5O. The molecule has 0 aliphatic carbocycles. The van der Waals surface area contributed by atoms with Gasteiger partial charge in [-0.15, -0.1) is 0 Å². The number of aromatic nitrogens is 4. The van der Waals surface area contributed by atoms with Gasteiger partial charge in [0.1, 0.15) is 11.6 Å². The van der Waals surface area contributed by atoms with E-state index in [0.29, 0.717) is 17.2 Å². The highest BCUT2D eigenvalue weighted by Gasteiger charge is 2.09. The minimum absolute atomic E-state index is 0.174. The molecule has 0 atom stereocenters. The van der Waals surface area contributed by atoms with Crippen LogP contribution >= 0.6 is 0 Å². The highest BCUT2D eigenvalue weighted by molar-refractivity contribution is 5.59. The van der Waals surface area contributed by atoms with Gasteiger partial charge in [-0.25, -0.2) is 23.4 Å². The van der Waals surface area contributed by atoms with Gasteiger partial charge in [-0.3, -0.25) is 4.79 Å². The van der Waals surface area contributed by atoms with E-state index in [2.05, 4.69) is 15.1 Å². The summed E-state index contributed by atoms with van der Waals surface area (Å²) in [5.41, 5.74) is 7.84. The van der Waals surface area contributed by atoms with Crippen molar-refractivity contribution in [3.05, 3.63) is 94.5 Å². The Morgan fingerprint density at radius 2 is 1.48 bits per heavy atom. The van der Waals surface area contributed by atoms with Crippen molar-refractivity contribution in [2.24, 2.45) is 0 Å². The zero-order valence-corrected chi connectivity index (χ0v) is 19.1. The molecule has 8 heteroatoms. The van der Waals surface area contributed by atoms with Crippen LogP contribution in [-0.4, -0.2) is 19.7 Å². The van der Waals surface area contributed by atoms with E-state index in [1.54, 1.807) is 0 Å². The van der Waals surface area contributed by atoms with E-state index < -0.39 is 11.6 Å². The molecule has 172 valence electrons. The second kappa shape index (κ2) is 12.2. The molecule has 0 aliphatic heterocycles. The fourth-order valence-corrected chi connectivity index (χ4v) is 2.89. The average Bonchev–Trinajstić information content (AvgIpc) is 2.83. The second-order valence-corrected chi connectivity index (χ2v) is 6.41. The molecular weight excluding hydrogens is 424 g/mol. The Morgan fingerprint density at radius 3 is 2.12 bits per heavy atom. The van der Waals surface area contributed by atoms with Crippen LogP contribution in [0.3, 0.4) is 0 Å². The number of nitrogens with two attached hydrogens (primary N) is 1. The molecule has 33 heavy (non-hydrogen) atoms. The topological polar surface area (TPSA) is 86.7 Å². The molecule has 0 fully saturated rings. The molecule has 6 nitrogen and oxygen atoms in total. The zero-order valence-electron chi connectivity index (χ0n) is 19.1. The summed E-state index contributed by atoms with van der Waals surface area (Å²) in [5.74, 6) is -0.920. The van der Waals surface area contributed by atoms with Gasteiger partial charge in [0.05, 0.1) is 30.3 Å². The molecule has 0 spiro atoms. The Morgan fingerprint density at radius 1 is 0.848 bits per heavy atom. The predicted octanol–water partition coefficient (Wildman–Crippen LogP) is 5.33. The Bertz CT molecular complexity index is 1220. The molecule has 4 aromatic rings. The molecule has 0 saturated carbocycles. The van der Waals surface area contributed by atoms with Crippen molar-refractivity contribution < 1.29 is 8.78 Å². The molecule has 2 aromatic heterocycles. The van der Waals surface area contributed by atoms with Crippen LogP contribution in [0.1, 0.15) is 33.3 Å². The minimum atomic E-state index is -0.712. The van der Waals surface area contributed by atoms with Gasteiger partial charge >= 0.3 is 0 Å². The Kier molecular flexibility index (Phi) is 9.35. The van der Waals surface area contributed by atoms with Crippen molar-refractivity contribution in [1.29, 1.82) is 0 Å². The van der Waals surface area contributed by atoms with Crippen LogP contribution in [0.2, 0.25) is 0 Å². The maximum Gasteiger partial charge on any atom is 0.267 e. The standard InChI is InChI=1S/C21H15F2N5O.2C2H6/c22-16-7-15(8-17(23)9-16)19-4-5-20(29)28(27-19)12-13-2-1-3-14(6-13)21-25-10-18(24)11-26-21;2*1-2/h1-11H,12,24H2;2*1-2H3. The van der Waals surface area contributed by atoms with E-state index in [1.165, 1.54) is 41.3 Å². The molecule has 0 amide bonds. The molecule has 0 unspecified atom stereocenters. The number of hydrogen-bond donors (Lipinski definition) is 1. The molecule has 0 saturated heterocycles. The van der Waals surface area contributed by atoms with E-state index >= 15 is 0 Å². The van der Waals surface area contributed by atoms with Crippen molar-refractivity contribution in [3.63, 3.8) is 0 Å². The van der Waals surface area contributed by atoms with Gasteiger partial charge in [0, 0.05) is 23.3 Å². The Balaban J connectivity index is 0.000000914. The minimum Gasteiger partial charge on any atom is -0.396 e.